The fourth-order valence-corrected chi connectivity index (χ4v) is 5.01. The van der Waals surface area contributed by atoms with Crippen LogP contribution in [0.3, 0.4) is 0 Å². The van der Waals surface area contributed by atoms with Crippen LogP contribution in [-0.4, -0.2) is 27.4 Å². The topological polar surface area (TPSA) is 85.4 Å². The molecule has 1 aliphatic heterocycles. The number of aromatic nitrogens is 2. The number of carbonyl (C=O) groups excluding carboxylic acids is 3. The van der Waals surface area contributed by atoms with Gasteiger partial charge in [-0.15, -0.1) is 0 Å². The summed E-state index contributed by atoms with van der Waals surface area (Å²) in [6, 6.07) is 28.4. The maximum atomic E-state index is 13.8. The van der Waals surface area contributed by atoms with E-state index in [-0.39, 0.29) is 22.7 Å². The maximum absolute atomic E-state index is 13.8. The molecular weight excluding hydrogens is 502 g/mol. The zero-order valence-corrected chi connectivity index (χ0v) is 20.3. The molecule has 0 saturated carbocycles. The largest absolute Gasteiger partial charge is 0.452 e. The molecule has 0 radical (unpaired) electrons. The van der Waals surface area contributed by atoms with Gasteiger partial charge < -0.3 is 4.42 Å². The Morgan fingerprint density at radius 2 is 1.50 bits per heavy atom. The van der Waals surface area contributed by atoms with Crippen molar-refractivity contribution in [1.29, 1.82) is 0 Å². The van der Waals surface area contributed by atoms with Crippen LogP contribution in [0.25, 0.3) is 27.4 Å². The number of anilines is 1. The standard InChI is InChI=1S/C30H16ClN3O4/c31-18-11-13-19(14-12-18)33-29(36)25-26(32-34(27(25)30(33)37)20-7-2-1-3-8-20)28(35)24-16-22-21-9-5-4-6-17(21)10-15-23(22)38-24/h1-16H. The van der Waals surface area contributed by atoms with E-state index in [2.05, 4.69) is 5.10 Å². The molecule has 2 amide bonds. The number of fused-ring (bicyclic) bond motifs is 4. The molecule has 3 heterocycles. The SMILES string of the molecule is O=C(c1cc2c(ccc3ccccc32)o1)c1nn(-c2ccccc2)c2c1C(=O)N(c1ccc(Cl)cc1)C2=O. The second-order valence-electron chi connectivity index (χ2n) is 8.88. The number of furan rings is 1. The van der Waals surface area contributed by atoms with Crippen molar-refractivity contribution in [2.24, 2.45) is 0 Å². The predicted molar refractivity (Wildman–Crippen MR) is 143 cm³/mol. The molecule has 1 aliphatic rings. The Morgan fingerprint density at radius 3 is 2.29 bits per heavy atom. The summed E-state index contributed by atoms with van der Waals surface area (Å²) >= 11 is 6.01. The molecule has 0 unspecified atom stereocenters. The molecule has 0 bridgehead atoms. The highest BCUT2D eigenvalue weighted by Gasteiger charge is 2.45. The van der Waals surface area contributed by atoms with E-state index in [4.69, 9.17) is 16.0 Å². The lowest BCUT2D eigenvalue weighted by Crippen LogP contribution is -2.31. The second kappa shape index (κ2) is 8.26. The minimum absolute atomic E-state index is 0.0149. The molecule has 8 heteroatoms. The van der Waals surface area contributed by atoms with Crippen molar-refractivity contribution in [3.05, 3.63) is 125 Å². The highest BCUT2D eigenvalue weighted by atomic mass is 35.5. The first kappa shape index (κ1) is 22.2. The van der Waals surface area contributed by atoms with Crippen LogP contribution in [0.2, 0.25) is 5.02 Å². The zero-order chi connectivity index (χ0) is 26.0. The second-order valence-corrected chi connectivity index (χ2v) is 9.32. The number of hydrogen-bond acceptors (Lipinski definition) is 5. The van der Waals surface area contributed by atoms with Gasteiger partial charge in [0, 0.05) is 10.4 Å². The Balaban J connectivity index is 1.41. The quantitative estimate of drug-likeness (QED) is 0.198. The molecule has 38 heavy (non-hydrogen) atoms. The van der Waals surface area contributed by atoms with E-state index in [9.17, 15) is 14.4 Å². The molecule has 0 N–H and O–H groups in total. The highest BCUT2D eigenvalue weighted by Crippen LogP contribution is 2.35. The number of nitrogens with zero attached hydrogens (tertiary/aromatic N) is 3. The van der Waals surface area contributed by atoms with Gasteiger partial charge in [0.1, 0.15) is 16.8 Å². The van der Waals surface area contributed by atoms with Crippen LogP contribution in [-0.2, 0) is 0 Å². The molecule has 0 saturated heterocycles. The lowest BCUT2D eigenvalue weighted by atomic mass is 10.1. The van der Waals surface area contributed by atoms with Crippen molar-refractivity contribution in [1.82, 2.24) is 9.78 Å². The molecule has 0 spiro atoms. The molecular formula is C30H16ClN3O4. The number of benzene rings is 4. The van der Waals surface area contributed by atoms with Crippen molar-refractivity contribution in [2.45, 2.75) is 0 Å². The number of rotatable bonds is 4. The predicted octanol–water partition coefficient (Wildman–Crippen LogP) is 6.46. The van der Waals surface area contributed by atoms with Crippen molar-refractivity contribution in [2.75, 3.05) is 4.90 Å². The Morgan fingerprint density at radius 1 is 0.763 bits per heavy atom. The van der Waals surface area contributed by atoms with Gasteiger partial charge in [-0.2, -0.15) is 5.10 Å². The first-order valence-corrected chi connectivity index (χ1v) is 12.2. The van der Waals surface area contributed by atoms with Crippen molar-refractivity contribution < 1.29 is 18.8 Å². The Labute approximate surface area is 220 Å². The number of ketones is 1. The fourth-order valence-electron chi connectivity index (χ4n) is 4.89. The van der Waals surface area contributed by atoms with Gasteiger partial charge in [0.25, 0.3) is 11.8 Å². The van der Waals surface area contributed by atoms with Gasteiger partial charge in [0.2, 0.25) is 5.78 Å². The van der Waals surface area contributed by atoms with Crippen LogP contribution in [0.1, 0.15) is 37.1 Å². The summed E-state index contributed by atoms with van der Waals surface area (Å²) in [6.07, 6.45) is 0. The molecule has 4 aromatic carbocycles. The van der Waals surface area contributed by atoms with E-state index in [0.717, 1.165) is 21.1 Å². The number of hydrogen-bond donors (Lipinski definition) is 0. The Bertz CT molecular complexity index is 1940. The summed E-state index contributed by atoms with van der Waals surface area (Å²) in [4.78, 5) is 42.2. The van der Waals surface area contributed by atoms with E-state index in [1.165, 1.54) is 4.68 Å². The molecule has 0 fully saturated rings. The van der Waals surface area contributed by atoms with E-state index >= 15 is 0 Å². The molecule has 182 valence electrons. The Kier molecular flexibility index (Phi) is 4.83. The molecule has 0 aliphatic carbocycles. The molecule has 7 nitrogen and oxygen atoms in total. The summed E-state index contributed by atoms with van der Waals surface area (Å²) in [5.74, 6) is -1.78. The van der Waals surface area contributed by atoms with E-state index in [1.807, 2.05) is 36.4 Å². The lowest BCUT2D eigenvalue weighted by molar-refractivity contribution is 0.0914. The maximum Gasteiger partial charge on any atom is 0.284 e. The number of halogens is 1. The third-order valence-corrected chi connectivity index (χ3v) is 6.91. The average molecular weight is 518 g/mol. The molecule has 0 atom stereocenters. The van der Waals surface area contributed by atoms with Crippen LogP contribution >= 0.6 is 11.6 Å². The molecule has 7 rings (SSSR count). The van der Waals surface area contributed by atoms with Crippen LogP contribution in [0.4, 0.5) is 5.69 Å². The minimum Gasteiger partial charge on any atom is -0.452 e. The van der Waals surface area contributed by atoms with Gasteiger partial charge in [-0.05, 0) is 59.3 Å². The zero-order valence-electron chi connectivity index (χ0n) is 19.6. The van der Waals surface area contributed by atoms with Gasteiger partial charge in [-0.25, -0.2) is 9.58 Å². The summed E-state index contributed by atoms with van der Waals surface area (Å²) in [5.41, 5.74) is 1.22. The van der Waals surface area contributed by atoms with Crippen molar-refractivity contribution >= 4 is 56.6 Å². The summed E-state index contributed by atoms with van der Waals surface area (Å²) in [7, 11) is 0. The van der Waals surface area contributed by atoms with Gasteiger partial charge in [0.15, 0.2) is 11.5 Å². The highest BCUT2D eigenvalue weighted by molar-refractivity contribution is 6.37. The summed E-state index contributed by atoms with van der Waals surface area (Å²) < 4.78 is 7.27. The number of imide groups is 1. The van der Waals surface area contributed by atoms with E-state index in [1.54, 1.807) is 60.7 Å². The first-order valence-electron chi connectivity index (χ1n) is 11.8. The van der Waals surface area contributed by atoms with Gasteiger partial charge in [0.05, 0.1) is 11.4 Å². The smallest absolute Gasteiger partial charge is 0.284 e. The van der Waals surface area contributed by atoms with Gasteiger partial charge in [-0.3, -0.25) is 14.4 Å². The van der Waals surface area contributed by atoms with Crippen molar-refractivity contribution in [3.8, 4) is 5.69 Å². The summed E-state index contributed by atoms with van der Waals surface area (Å²) in [6.45, 7) is 0. The van der Waals surface area contributed by atoms with Crippen LogP contribution in [0.15, 0.2) is 101 Å². The third kappa shape index (κ3) is 3.22. The molecule has 2 aromatic heterocycles. The fraction of sp³-hybridized carbons (Fsp3) is 0. The Hall–Kier alpha value is -5.01. The number of para-hydroxylation sites is 1. The molecule has 6 aromatic rings. The third-order valence-electron chi connectivity index (χ3n) is 6.66. The van der Waals surface area contributed by atoms with Gasteiger partial charge in [-0.1, -0.05) is 60.1 Å². The summed E-state index contributed by atoms with van der Waals surface area (Å²) in [5, 5.41) is 7.66. The van der Waals surface area contributed by atoms with Crippen LogP contribution in [0.5, 0.6) is 0 Å². The number of amides is 2. The average Bonchev–Trinajstić information content (AvgIpc) is 3.63. The van der Waals surface area contributed by atoms with E-state index in [0.29, 0.717) is 22.0 Å². The lowest BCUT2D eigenvalue weighted by Gasteiger charge is -2.15. The first-order chi connectivity index (χ1) is 18.5. The minimum atomic E-state index is -0.639. The van der Waals surface area contributed by atoms with E-state index < -0.39 is 17.6 Å². The monoisotopic (exact) mass is 517 g/mol. The van der Waals surface area contributed by atoms with Crippen molar-refractivity contribution in [3.63, 3.8) is 0 Å². The normalized spacial score (nSPS) is 13.0. The van der Waals surface area contributed by atoms with Crippen LogP contribution < -0.4 is 4.90 Å². The number of carbonyl (C=O) groups is 3. The van der Waals surface area contributed by atoms with Gasteiger partial charge >= 0.3 is 0 Å². The van der Waals surface area contributed by atoms with Crippen LogP contribution in [0, 0.1) is 0 Å².